The number of carbonyl (C=O) groups excluding carboxylic acids is 4. The topological polar surface area (TPSA) is 133 Å². The minimum absolute atomic E-state index is 0.154. The van der Waals surface area contributed by atoms with Crippen molar-refractivity contribution in [2.45, 2.75) is 83.5 Å². The second-order valence-electron chi connectivity index (χ2n) is 13.8. The highest BCUT2D eigenvalue weighted by Gasteiger charge is 2.33. The van der Waals surface area contributed by atoms with Crippen molar-refractivity contribution in [3.63, 3.8) is 0 Å². The lowest BCUT2D eigenvalue weighted by molar-refractivity contribution is -0.121. The molecule has 5 rings (SSSR count). The molecule has 1 atom stereocenters. The zero-order valence-corrected chi connectivity index (χ0v) is 31.3. The van der Waals surface area contributed by atoms with E-state index in [2.05, 4.69) is 41.2 Å². The molecule has 1 aliphatic heterocycles. The SMILES string of the molecule is CNC(=O)CCC(C=O)N1Cc2c(C#CCCCCCCCCN(C)Cc3cccc(OCCn4ccc5ccc(C(=O)NO)cc54)c3)cccc2C1=O. The summed E-state index contributed by atoms with van der Waals surface area (Å²) in [6, 6.07) is 20.4. The summed E-state index contributed by atoms with van der Waals surface area (Å²) >= 11 is 0. The van der Waals surface area contributed by atoms with Gasteiger partial charge in [-0.25, -0.2) is 5.48 Å². The van der Waals surface area contributed by atoms with Gasteiger partial charge in [-0.05, 0) is 91.8 Å². The van der Waals surface area contributed by atoms with E-state index in [-0.39, 0.29) is 18.2 Å². The average molecular weight is 734 g/mol. The number of benzene rings is 3. The van der Waals surface area contributed by atoms with E-state index in [1.165, 1.54) is 24.8 Å². The van der Waals surface area contributed by atoms with Gasteiger partial charge in [-0.15, -0.1) is 0 Å². The number of carbonyl (C=O) groups is 4. The van der Waals surface area contributed by atoms with Gasteiger partial charge in [0.2, 0.25) is 5.91 Å². The Balaban J connectivity index is 0.954. The Morgan fingerprint density at radius 3 is 2.61 bits per heavy atom. The van der Waals surface area contributed by atoms with Crippen LogP contribution in [-0.4, -0.2) is 76.9 Å². The minimum atomic E-state index is -0.640. The third-order valence-corrected chi connectivity index (χ3v) is 9.90. The molecule has 11 heteroatoms. The molecule has 0 fully saturated rings. The van der Waals surface area contributed by atoms with Gasteiger partial charge in [-0.2, -0.15) is 0 Å². The molecule has 2 heterocycles. The van der Waals surface area contributed by atoms with Gasteiger partial charge in [-0.3, -0.25) is 19.6 Å². The normalized spacial score (nSPS) is 12.7. The smallest absolute Gasteiger partial charge is 0.274 e. The molecule has 1 unspecified atom stereocenters. The molecule has 1 aromatic heterocycles. The molecule has 3 amide bonds. The molecular weight excluding hydrogens is 683 g/mol. The number of aldehydes is 1. The fourth-order valence-corrected chi connectivity index (χ4v) is 6.87. The summed E-state index contributed by atoms with van der Waals surface area (Å²) in [4.78, 5) is 52.2. The van der Waals surface area contributed by atoms with Crippen LogP contribution in [-0.2, 0) is 29.2 Å². The van der Waals surface area contributed by atoms with E-state index in [0.717, 1.165) is 72.8 Å². The van der Waals surface area contributed by atoms with Crippen LogP contribution < -0.4 is 15.5 Å². The largest absolute Gasteiger partial charge is 0.492 e. The van der Waals surface area contributed by atoms with E-state index in [1.807, 2.05) is 47.2 Å². The predicted molar refractivity (Wildman–Crippen MR) is 208 cm³/mol. The maximum absolute atomic E-state index is 13.0. The van der Waals surface area contributed by atoms with Gasteiger partial charge in [-0.1, -0.05) is 61.8 Å². The number of nitrogens with one attached hydrogen (secondary N) is 2. The van der Waals surface area contributed by atoms with Crippen molar-refractivity contribution < 1.29 is 29.1 Å². The molecule has 0 spiro atoms. The number of hydroxylamine groups is 1. The van der Waals surface area contributed by atoms with E-state index in [1.54, 1.807) is 35.6 Å². The highest BCUT2D eigenvalue weighted by Crippen LogP contribution is 2.28. The highest BCUT2D eigenvalue weighted by atomic mass is 16.5. The molecular formula is C43H51N5O6. The van der Waals surface area contributed by atoms with Crippen molar-refractivity contribution >= 4 is 34.9 Å². The number of aromatic nitrogens is 1. The number of rotatable bonds is 20. The van der Waals surface area contributed by atoms with Crippen LogP contribution in [0.1, 0.15) is 95.2 Å². The summed E-state index contributed by atoms with van der Waals surface area (Å²) in [6.45, 7) is 3.31. The van der Waals surface area contributed by atoms with E-state index in [0.29, 0.717) is 37.2 Å². The molecule has 4 aromatic rings. The van der Waals surface area contributed by atoms with Crippen molar-refractivity contribution in [1.29, 1.82) is 0 Å². The Morgan fingerprint density at radius 1 is 1.02 bits per heavy atom. The molecule has 11 nitrogen and oxygen atoms in total. The summed E-state index contributed by atoms with van der Waals surface area (Å²) in [5.74, 6) is 6.51. The van der Waals surface area contributed by atoms with Crippen molar-refractivity contribution in [3.8, 4) is 17.6 Å². The van der Waals surface area contributed by atoms with Crippen molar-refractivity contribution in [2.24, 2.45) is 0 Å². The van der Waals surface area contributed by atoms with Crippen molar-refractivity contribution in [1.82, 2.24) is 25.2 Å². The Morgan fingerprint density at radius 2 is 1.81 bits per heavy atom. The zero-order valence-electron chi connectivity index (χ0n) is 31.3. The molecule has 3 aromatic carbocycles. The number of unbranched alkanes of at least 4 members (excludes halogenated alkanes) is 6. The molecule has 0 aliphatic carbocycles. The zero-order chi connectivity index (χ0) is 38.3. The molecule has 0 saturated carbocycles. The first-order valence-corrected chi connectivity index (χ1v) is 18.8. The van der Waals surface area contributed by atoms with Gasteiger partial charge in [0.15, 0.2) is 0 Å². The monoisotopic (exact) mass is 733 g/mol. The standard InChI is InChI=1S/C43H51N5O6/c1-44-41(50)21-20-36(31-49)48-30-39-33(15-12-17-38(39)43(48)52)14-9-7-5-3-4-6-8-10-23-46(2)29-32-13-11-16-37(27-32)54-26-25-47-24-22-34-18-19-35(28-40(34)47)42(51)45-53/h11-13,15-19,22,24,27-28,31,36,53H,3-8,10,20-21,23,25-26,29-30H2,1-2H3,(H,44,50)(H,45,51). The molecule has 54 heavy (non-hydrogen) atoms. The molecule has 284 valence electrons. The van der Waals surface area contributed by atoms with Crippen LogP contribution in [0.4, 0.5) is 0 Å². The Bertz CT molecular complexity index is 1980. The Labute approximate surface area is 317 Å². The Hall–Kier alpha value is -5.44. The quantitative estimate of drug-likeness (QED) is 0.0329. The van der Waals surface area contributed by atoms with Crippen LogP contribution in [0.15, 0.2) is 72.9 Å². The highest BCUT2D eigenvalue weighted by molar-refractivity contribution is 6.00. The lowest BCUT2D eigenvalue weighted by Crippen LogP contribution is -2.37. The fourth-order valence-electron chi connectivity index (χ4n) is 6.87. The third-order valence-electron chi connectivity index (χ3n) is 9.90. The summed E-state index contributed by atoms with van der Waals surface area (Å²) in [5, 5.41) is 12.5. The lowest BCUT2D eigenvalue weighted by Gasteiger charge is -2.22. The van der Waals surface area contributed by atoms with Gasteiger partial charge in [0, 0.05) is 61.4 Å². The molecule has 0 saturated heterocycles. The maximum atomic E-state index is 13.0. The average Bonchev–Trinajstić information content (AvgIpc) is 3.75. The maximum Gasteiger partial charge on any atom is 0.274 e. The second kappa shape index (κ2) is 20.1. The first-order valence-electron chi connectivity index (χ1n) is 18.8. The van der Waals surface area contributed by atoms with Crippen LogP contribution in [0.3, 0.4) is 0 Å². The number of amides is 3. The molecule has 3 N–H and O–H groups in total. The van der Waals surface area contributed by atoms with E-state index in [4.69, 9.17) is 9.94 Å². The predicted octanol–water partition coefficient (Wildman–Crippen LogP) is 6.10. The minimum Gasteiger partial charge on any atom is -0.492 e. The van der Waals surface area contributed by atoms with Crippen molar-refractivity contribution in [3.05, 3.63) is 101 Å². The van der Waals surface area contributed by atoms with E-state index < -0.39 is 11.9 Å². The van der Waals surface area contributed by atoms with Crippen LogP contribution in [0.5, 0.6) is 5.75 Å². The van der Waals surface area contributed by atoms with Gasteiger partial charge < -0.3 is 29.2 Å². The van der Waals surface area contributed by atoms with Gasteiger partial charge in [0.05, 0.1) is 12.6 Å². The second-order valence-corrected chi connectivity index (χ2v) is 13.8. The van der Waals surface area contributed by atoms with Crippen LogP contribution in [0, 0.1) is 11.8 Å². The Kier molecular flexibility index (Phi) is 14.8. The van der Waals surface area contributed by atoms with Crippen LogP contribution in [0.25, 0.3) is 10.9 Å². The molecule has 0 bridgehead atoms. The number of ether oxygens (including phenoxy) is 1. The van der Waals surface area contributed by atoms with Crippen LogP contribution >= 0.6 is 0 Å². The summed E-state index contributed by atoms with van der Waals surface area (Å²) in [7, 11) is 3.71. The fraction of sp³-hybridized carbons (Fsp3) is 0.395. The first-order chi connectivity index (χ1) is 26.3. The van der Waals surface area contributed by atoms with Crippen LogP contribution in [0.2, 0.25) is 0 Å². The number of hydrogen-bond donors (Lipinski definition) is 3. The van der Waals surface area contributed by atoms with Gasteiger partial charge >= 0.3 is 0 Å². The van der Waals surface area contributed by atoms with E-state index >= 15 is 0 Å². The summed E-state index contributed by atoms with van der Waals surface area (Å²) in [6.07, 6.45) is 10.9. The lowest BCUT2D eigenvalue weighted by atomic mass is 10.0. The molecule has 1 aliphatic rings. The van der Waals surface area contributed by atoms with E-state index in [9.17, 15) is 19.2 Å². The van der Waals surface area contributed by atoms with Gasteiger partial charge in [0.1, 0.15) is 18.6 Å². The number of nitrogens with zero attached hydrogens (tertiary/aromatic N) is 3. The number of fused-ring (bicyclic) bond motifs is 2. The van der Waals surface area contributed by atoms with Crippen molar-refractivity contribution in [2.75, 3.05) is 27.2 Å². The molecule has 0 radical (unpaired) electrons. The number of hydrogen-bond acceptors (Lipinski definition) is 7. The summed E-state index contributed by atoms with van der Waals surface area (Å²) < 4.78 is 8.12. The van der Waals surface area contributed by atoms with Gasteiger partial charge in [0.25, 0.3) is 11.8 Å². The summed E-state index contributed by atoms with van der Waals surface area (Å²) in [5.41, 5.74) is 6.47. The third kappa shape index (κ3) is 10.8. The first kappa shape index (κ1) is 39.8.